The molecule has 0 spiro atoms. The lowest BCUT2D eigenvalue weighted by Crippen LogP contribution is -2.67. The zero-order chi connectivity index (χ0) is 25.8. The number of amidine groups is 1. The number of aliphatic imine (C=N–C) groups is 1. The Morgan fingerprint density at radius 2 is 2.09 bits per heavy atom. The van der Waals surface area contributed by atoms with Gasteiger partial charge in [0.2, 0.25) is 0 Å². The van der Waals surface area contributed by atoms with Crippen molar-refractivity contribution in [2.45, 2.75) is 49.8 Å². The summed E-state index contributed by atoms with van der Waals surface area (Å²) in [6.07, 6.45) is -0.0917. The molecule has 2 aromatic rings. The van der Waals surface area contributed by atoms with Crippen LogP contribution in [-0.4, -0.2) is 73.3 Å². The Morgan fingerprint density at radius 1 is 1.37 bits per heavy atom. The van der Waals surface area contributed by atoms with Gasteiger partial charge in [0.1, 0.15) is 11.4 Å². The molecular weight excluding hydrogens is 505 g/mol. The van der Waals surface area contributed by atoms with Gasteiger partial charge in [0.25, 0.3) is 0 Å². The smallest absolute Gasteiger partial charge is 0.410 e. The van der Waals surface area contributed by atoms with E-state index in [0.717, 1.165) is 6.07 Å². The zero-order valence-corrected chi connectivity index (χ0v) is 20.8. The number of ether oxygens (including phenoxy) is 1. The molecule has 11 nitrogen and oxygen atoms in total. The molecule has 0 bridgehead atoms. The first kappa shape index (κ1) is 26.9. The van der Waals surface area contributed by atoms with Crippen LogP contribution in [0.4, 0.5) is 14.9 Å². The average molecular weight is 530 g/mol. The number of hydroxylamine groups is 1. The molecule has 1 aliphatic rings. The summed E-state index contributed by atoms with van der Waals surface area (Å²) in [6.45, 7) is 4.99. The number of halogens is 2. The van der Waals surface area contributed by atoms with Gasteiger partial charge in [0.15, 0.2) is 27.9 Å². The number of hydrogen-bond acceptors (Lipinski definition) is 10. The van der Waals surface area contributed by atoms with E-state index in [1.54, 1.807) is 20.8 Å². The first-order valence-electron chi connectivity index (χ1n) is 10.5. The lowest BCUT2D eigenvalue weighted by Gasteiger charge is -2.45. The third-order valence-electron chi connectivity index (χ3n) is 4.80. The summed E-state index contributed by atoms with van der Waals surface area (Å²) in [4.78, 5) is 29.9. The lowest BCUT2D eigenvalue weighted by atomic mass is 9.87. The Labute approximate surface area is 209 Å². The Bertz CT molecular complexity index is 1120. The number of thioether (sulfide) groups is 1. The third kappa shape index (κ3) is 6.90. The highest BCUT2D eigenvalue weighted by Crippen LogP contribution is 2.28. The maximum atomic E-state index is 13.4. The van der Waals surface area contributed by atoms with Crippen molar-refractivity contribution >= 4 is 46.8 Å². The topological polar surface area (TPSA) is 150 Å². The highest BCUT2D eigenvalue weighted by molar-refractivity contribution is 7.99. The molecule has 1 aliphatic heterocycles. The van der Waals surface area contributed by atoms with E-state index in [-0.39, 0.29) is 47.5 Å². The molecular formula is C21H25ClFN5O6S. The summed E-state index contributed by atoms with van der Waals surface area (Å²) < 4.78 is 23.3. The van der Waals surface area contributed by atoms with Crippen LogP contribution in [0.25, 0.3) is 0 Å². The van der Waals surface area contributed by atoms with Gasteiger partial charge in [0.05, 0.1) is 23.8 Å². The first-order chi connectivity index (χ1) is 16.4. The molecule has 0 unspecified atom stereocenters. The summed E-state index contributed by atoms with van der Waals surface area (Å²) in [6, 6.07) is 3.77. The minimum Gasteiger partial charge on any atom is -0.444 e. The maximum absolute atomic E-state index is 13.4. The largest absolute Gasteiger partial charge is 0.444 e. The number of aromatic nitrogens is 2. The van der Waals surface area contributed by atoms with Crippen molar-refractivity contribution in [2.24, 2.45) is 4.99 Å². The molecule has 14 heteroatoms. The van der Waals surface area contributed by atoms with Crippen molar-refractivity contribution in [2.75, 3.05) is 18.8 Å². The molecule has 2 heterocycles. The summed E-state index contributed by atoms with van der Waals surface area (Å²) in [5, 5.41) is 27.6. The van der Waals surface area contributed by atoms with Gasteiger partial charge in [-0.3, -0.25) is 15.5 Å². The van der Waals surface area contributed by atoms with Crippen LogP contribution in [0.15, 0.2) is 32.8 Å². The van der Waals surface area contributed by atoms with Crippen LogP contribution in [-0.2, 0) is 9.53 Å². The Balaban J connectivity index is 1.51. The van der Waals surface area contributed by atoms with Gasteiger partial charge in [-0.25, -0.2) is 18.8 Å². The predicted octanol–water partition coefficient (Wildman–Crippen LogP) is 3.34. The molecule has 1 aromatic heterocycles. The normalized spacial score (nSPS) is 15.5. The van der Waals surface area contributed by atoms with Gasteiger partial charge < -0.3 is 14.7 Å². The summed E-state index contributed by atoms with van der Waals surface area (Å²) in [5.74, 6) is -0.663. The molecule has 0 saturated carbocycles. The monoisotopic (exact) mass is 529 g/mol. The number of aliphatic hydroxyl groups is 1. The fourth-order valence-electron chi connectivity index (χ4n) is 3.09. The number of nitrogens with zero attached hydrogens (tertiary/aromatic N) is 4. The van der Waals surface area contributed by atoms with Crippen LogP contribution in [0.2, 0.25) is 5.02 Å². The van der Waals surface area contributed by atoms with Crippen LogP contribution in [0, 0.1) is 5.82 Å². The van der Waals surface area contributed by atoms with E-state index in [9.17, 15) is 24.3 Å². The highest BCUT2D eigenvalue weighted by Gasteiger charge is 2.49. The quantitative estimate of drug-likeness (QED) is 0.153. The second-order valence-corrected chi connectivity index (χ2v) is 10.3. The minimum absolute atomic E-state index is 0.0829. The molecule has 0 radical (unpaired) electrons. The number of likely N-dealkylation sites (tertiary alicyclic amines) is 1. The maximum Gasteiger partial charge on any atom is 0.410 e. The fraction of sp³-hybridized carbons (Fsp3) is 0.476. The van der Waals surface area contributed by atoms with Crippen LogP contribution in [0.1, 0.15) is 39.3 Å². The van der Waals surface area contributed by atoms with Gasteiger partial charge in [-0.05, 0) is 55.7 Å². The number of β-amino-alcohol motifs (C(OH)–C–C–N with tert-alkyl or cyclic N) is 1. The Morgan fingerprint density at radius 3 is 2.71 bits per heavy atom. The van der Waals surface area contributed by atoms with Crippen molar-refractivity contribution in [1.82, 2.24) is 20.7 Å². The molecule has 1 aromatic carbocycles. The van der Waals surface area contributed by atoms with E-state index >= 15 is 0 Å². The van der Waals surface area contributed by atoms with Gasteiger partial charge in [-0.2, -0.15) is 0 Å². The van der Waals surface area contributed by atoms with E-state index in [0.29, 0.717) is 17.2 Å². The number of rotatable bonds is 8. The van der Waals surface area contributed by atoms with Gasteiger partial charge in [-0.15, -0.1) is 11.8 Å². The van der Waals surface area contributed by atoms with E-state index in [4.69, 9.17) is 21.0 Å². The highest BCUT2D eigenvalue weighted by atomic mass is 35.5. The fourth-order valence-corrected chi connectivity index (χ4v) is 4.10. The summed E-state index contributed by atoms with van der Waals surface area (Å²) in [7, 11) is 0. The number of amides is 1. The number of nitrogens with one attached hydrogen (secondary N) is 1. The van der Waals surface area contributed by atoms with E-state index in [1.807, 2.05) is 5.48 Å². The van der Waals surface area contributed by atoms with Crippen molar-refractivity contribution in [3.63, 3.8) is 0 Å². The lowest BCUT2D eigenvalue weighted by molar-refractivity contribution is -0.154. The number of carbonyl (C=O) groups excluding carboxylic acids is 2. The molecule has 1 amide bonds. The number of Topliss-reactive ketones (excluding diaryl/α,β-unsaturated/α-hetero) is 1. The number of ketones is 1. The van der Waals surface area contributed by atoms with E-state index in [2.05, 4.69) is 15.3 Å². The Hall–Kier alpha value is -2.74. The van der Waals surface area contributed by atoms with Gasteiger partial charge >= 0.3 is 6.09 Å². The number of carbonyl (C=O) groups is 2. The SMILES string of the molecule is CC(C)(C)OC(=O)N1CC(O)(C(=O)CCCSc2nonc2C(=Nc2ccc(F)c(Cl)c2)NO)C1. The summed E-state index contributed by atoms with van der Waals surface area (Å²) >= 11 is 6.95. The molecule has 3 N–H and O–H groups in total. The molecule has 190 valence electrons. The third-order valence-corrected chi connectivity index (χ3v) is 6.12. The van der Waals surface area contributed by atoms with Crippen molar-refractivity contribution in [3.05, 3.63) is 34.7 Å². The standard InChI is InChI=1S/C21H25ClFN5O6S/c1-20(2,3)33-19(30)28-10-21(31,11-28)15(29)5-4-8-35-18-16(26-34-27-18)17(25-32)24-12-6-7-14(23)13(22)9-12/h6-7,9,31-32H,4-5,8,10-11H2,1-3H3,(H,24,25). The summed E-state index contributed by atoms with van der Waals surface area (Å²) in [5.41, 5.74) is 0.0210. The predicted molar refractivity (Wildman–Crippen MR) is 125 cm³/mol. The second-order valence-electron chi connectivity index (χ2n) is 8.83. The molecule has 0 aliphatic carbocycles. The van der Waals surface area contributed by atoms with E-state index < -0.39 is 23.1 Å². The van der Waals surface area contributed by atoms with Crippen LogP contribution in [0.3, 0.4) is 0 Å². The van der Waals surface area contributed by atoms with Gasteiger partial charge in [0, 0.05) is 12.2 Å². The van der Waals surface area contributed by atoms with Crippen molar-refractivity contribution in [3.8, 4) is 0 Å². The van der Waals surface area contributed by atoms with Crippen LogP contribution >= 0.6 is 23.4 Å². The number of hydrogen-bond donors (Lipinski definition) is 3. The molecule has 1 fully saturated rings. The first-order valence-corrected chi connectivity index (χ1v) is 11.9. The minimum atomic E-state index is -1.58. The van der Waals surface area contributed by atoms with Crippen LogP contribution < -0.4 is 5.48 Å². The Kier molecular flexibility index (Phi) is 8.36. The second kappa shape index (κ2) is 10.9. The van der Waals surface area contributed by atoms with E-state index in [1.165, 1.54) is 28.8 Å². The average Bonchev–Trinajstić information content (AvgIpc) is 3.22. The van der Waals surface area contributed by atoms with Crippen LogP contribution in [0.5, 0.6) is 0 Å². The number of benzene rings is 1. The molecule has 1 saturated heterocycles. The zero-order valence-electron chi connectivity index (χ0n) is 19.2. The van der Waals surface area contributed by atoms with Crippen molar-refractivity contribution < 1.29 is 33.7 Å². The molecule has 35 heavy (non-hydrogen) atoms. The van der Waals surface area contributed by atoms with Gasteiger partial charge in [-0.1, -0.05) is 11.6 Å². The molecule has 3 rings (SSSR count). The van der Waals surface area contributed by atoms with Crippen molar-refractivity contribution in [1.29, 1.82) is 0 Å². The molecule has 0 atom stereocenters.